The summed E-state index contributed by atoms with van der Waals surface area (Å²) >= 11 is 0. The van der Waals surface area contributed by atoms with E-state index in [0.717, 1.165) is 37.7 Å². The van der Waals surface area contributed by atoms with E-state index in [1.165, 1.54) is 24.8 Å². The second-order valence-corrected chi connectivity index (χ2v) is 8.44. The van der Waals surface area contributed by atoms with Crippen molar-refractivity contribution in [1.82, 2.24) is 0 Å². The van der Waals surface area contributed by atoms with Crippen LogP contribution in [0.3, 0.4) is 0 Å². The summed E-state index contributed by atoms with van der Waals surface area (Å²) in [4.78, 5) is 0. The summed E-state index contributed by atoms with van der Waals surface area (Å²) < 4.78 is 24.1. The molecule has 1 aromatic rings. The third kappa shape index (κ3) is 4.08. The second kappa shape index (κ2) is 7.80. The fourth-order valence-electron chi connectivity index (χ4n) is 4.65. The summed E-state index contributed by atoms with van der Waals surface area (Å²) in [5, 5.41) is 0. The lowest BCUT2D eigenvalue weighted by Crippen LogP contribution is -2.41. The SMILES string of the molecule is CC1(CCCc2ccc([C@@]3(CN)COC4(CCCCC4)O3)cc2)OCCO1. The molecule has 1 aliphatic carbocycles. The molecule has 150 valence electrons. The Labute approximate surface area is 162 Å². The molecule has 5 nitrogen and oxygen atoms in total. The summed E-state index contributed by atoms with van der Waals surface area (Å²) in [6, 6.07) is 8.72. The van der Waals surface area contributed by atoms with E-state index in [4.69, 9.17) is 24.7 Å². The molecule has 0 aromatic heterocycles. The Balaban J connectivity index is 1.37. The Bertz CT molecular complexity index is 620. The molecule has 0 radical (unpaired) electrons. The molecule has 4 rings (SSSR count). The smallest absolute Gasteiger partial charge is 0.169 e. The van der Waals surface area contributed by atoms with Crippen LogP contribution in [-0.4, -0.2) is 37.9 Å². The maximum absolute atomic E-state index is 6.53. The van der Waals surface area contributed by atoms with E-state index in [0.29, 0.717) is 26.4 Å². The lowest BCUT2D eigenvalue weighted by molar-refractivity contribution is -0.205. The molecule has 2 aliphatic heterocycles. The predicted octanol–water partition coefficient (Wildman–Crippen LogP) is 3.63. The first-order chi connectivity index (χ1) is 13.1. The minimum atomic E-state index is -0.505. The number of hydrogen-bond acceptors (Lipinski definition) is 5. The van der Waals surface area contributed by atoms with Gasteiger partial charge in [0, 0.05) is 25.8 Å². The van der Waals surface area contributed by atoms with Crippen molar-refractivity contribution >= 4 is 0 Å². The van der Waals surface area contributed by atoms with Gasteiger partial charge >= 0.3 is 0 Å². The highest BCUT2D eigenvalue weighted by Gasteiger charge is 2.51. The van der Waals surface area contributed by atoms with Crippen molar-refractivity contribution in [2.75, 3.05) is 26.4 Å². The summed E-state index contributed by atoms with van der Waals surface area (Å²) in [5.74, 6) is -0.806. The highest BCUT2D eigenvalue weighted by Crippen LogP contribution is 2.45. The molecule has 0 amide bonds. The van der Waals surface area contributed by atoms with Crippen LogP contribution < -0.4 is 5.73 Å². The van der Waals surface area contributed by atoms with Crippen molar-refractivity contribution in [2.24, 2.45) is 5.73 Å². The first-order valence-corrected chi connectivity index (χ1v) is 10.5. The maximum Gasteiger partial charge on any atom is 0.169 e. The Morgan fingerprint density at radius 3 is 2.33 bits per heavy atom. The van der Waals surface area contributed by atoms with Gasteiger partial charge in [-0.3, -0.25) is 0 Å². The predicted molar refractivity (Wildman–Crippen MR) is 103 cm³/mol. The van der Waals surface area contributed by atoms with Gasteiger partial charge in [-0.05, 0) is 43.7 Å². The van der Waals surface area contributed by atoms with Crippen molar-refractivity contribution in [3.05, 3.63) is 35.4 Å². The summed E-state index contributed by atoms with van der Waals surface area (Å²) in [5.41, 5.74) is 8.10. The van der Waals surface area contributed by atoms with Crippen molar-refractivity contribution in [3.63, 3.8) is 0 Å². The van der Waals surface area contributed by atoms with E-state index in [1.807, 2.05) is 6.92 Å². The van der Waals surface area contributed by atoms with Crippen LogP contribution >= 0.6 is 0 Å². The summed E-state index contributed by atoms with van der Waals surface area (Å²) in [6.07, 6.45) is 8.55. The molecule has 1 saturated carbocycles. The molecule has 2 saturated heterocycles. The third-order valence-corrected chi connectivity index (χ3v) is 6.37. The van der Waals surface area contributed by atoms with Gasteiger partial charge in [0.05, 0.1) is 19.8 Å². The molecule has 2 N–H and O–H groups in total. The Hall–Kier alpha value is -0.980. The Kier molecular flexibility index (Phi) is 5.59. The van der Waals surface area contributed by atoms with Gasteiger partial charge in [-0.25, -0.2) is 0 Å². The minimum Gasteiger partial charge on any atom is -0.348 e. The number of ether oxygens (including phenoxy) is 4. The standard InChI is InChI=1S/C22H33NO4/c1-20(24-14-15-25-20)11-5-6-18-7-9-19(10-8-18)21(16-23)17-26-22(27-21)12-3-2-4-13-22/h7-10H,2-6,11-17,23H2,1H3/t21-/m1/s1. The monoisotopic (exact) mass is 375 g/mol. The van der Waals surface area contributed by atoms with E-state index < -0.39 is 17.2 Å². The van der Waals surface area contributed by atoms with Gasteiger partial charge in [-0.1, -0.05) is 30.7 Å². The normalized spacial score (nSPS) is 29.4. The van der Waals surface area contributed by atoms with Gasteiger partial charge in [0.25, 0.3) is 0 Å². The van der Waals surface area contributed by atoms with E-state index in [2.05, 4.69) is 24.3 Å². The van der Waals surface area contributed by atoms with Gasteiger partial charge in [-0.2, -0.15) is 0 Å². The topological polar surface area (TPSA) is 62.9 Å². The van der Waals surface area contributed by atoms with Crippen LogP contribution in [0, 0.1) is 0 Å². The number of nitrogens with two attached hydrogens (primary N) is 1. The highest BCUT2D eigenvalue weighted by atomic mass is 16.8. The van der Waals surface area contributed by atoms with E-state index >= 15 is 0 Å². The molecule has 1 atom stereocenters. The molecule has 27 heavy (non-hydrogen) atoms. The van der Waals surface area contributed by atoms with Crippen molar-refractivity contribution in [3.8, 4) is 0 Å². The van der Waals surface area contributed by atoms with Gasteiger partial charge < -0.3 is 24.7 Å². The molecule has 5 heteroatoms. The lowest BCUT2D eigenvalue weighted by Gasteiger charge is -2.35. The average Bonchev–Trinajstić information content (AvgIpc) is 3.28. The minimum absolute atomic E-state index is 0.396. The van der Waals surface area contributed by atoms with Gasteiger partial charge in [0.1, 0.15) is 5.60 Å². The number of aryl methyl sites for hydroxylation is 1. The van der Waals surface area contributed by atoms with Crippen LogP contribution in [0.5, 0.6) is 0 Å². The molecule has 1 aromatic carbocycles. The Morgan fingerprint density at radius 2 is 1.67 bits per heavy atom. The highest BCUT2D eigenvalue weighted by molar-refractivity contribution is 5.29. The van der Waals surface area contributed by atoms with Crippen molar-refractivity contribution < 1.29 is 18.9 Å². The zero-order chi connectivity index (χ0) is 18.8. The van der Waals surface area contributed by atoms with Crippen molar-refractivity contribution in [1.29, 1.82) is 0 Å². The average molecular weight is 376 g/mol. The van der Waals surface area contributed by atoms with Gasteiger partial charge in [0.15, 0.2) is 11.6 Å². The molecule has 3 aliphatic rings. The van der Waals surface area contributed by atoms with Crippen LogP contribution in [0.4, 0.5) is 0 Å². The van der Waals surface area contributed by atoms with Crippen LogP contribution in [0.25, 0.3) is 0 Å². The first kappa shape index (κ1) is 19.3. The lowest BCUT2D eigenvalue weighted by atomic mass is 9.91. The van der Waals surface area contributed by atoms with E-state index in [-0.39, 0.29) is 0 Å². The molecular weight excluding hydrogens is 342 g/mol. The second-order valence-electron chi connectivity index (χ2n) is 8.44. The molecule has 1 spiro atoms. The first-order valence-electron chi connectivity index (χ1n) is 10.5. The van der Waals surface area contributed by atoms with E-state index in [9.17, 15) is 0 Å². The summed E-state index contributed by atoms with van der Waals surface area (Å²) in [7, 11) is 0. The van der Waals surface area contributed by atoms with E-state index in [1.54, 1.807) is 0 Å². The largest absolute Gasteiger partial charge is 0.348 e. The molecule has 0 bridgehead atoms. The molecule has 0 unspecified atom stereocenters. The molecule has 3 fully saturated rings. The van der Waals surface area contributed by atoms with Crippen LogP contribution in [0.1, 0.15) is 63.0 Å². The van der Waals surface area contributed by atoms with Gasteiger partial charge in [0.2, 0.25) is 0 Å². The van der Waals surface area contributed by atoms with Crippen molar-refractivity contribution in [2.45, 2.75) is 75.5 Å². The number of rotatable bonds is 6. The summed E-state index contributed by atoms with van der Waals surface area (Å²) in [6.45, 7) is 4.44. The van der Waals surface area contributed by atoms with Crippen LogP contribution in [0.15, 0.2) is 24.3 Å². The van der Waals surface area contributed by atoms with Crippen LogP contribution in [-0.2, 0) is 31.0 Å². The number of benzene rings is 1. The Morgan fingerprint density at radius 1 is 0.963 bits per heavy atom. The zero-order valence-corrected chi connectivity index (χ0v) is 16.5. The number of hydrogen-bond donors (Lipinski definition) is 1. The quantitative estimate of drug-likeness (QED) is 0.822. The van der Waals surface area contributed by atoms with Gasteiger partial charge in [-0.15, -0.1) is 0 Å². The van der Waals surface area contributed by atoms with Crippen LogP contribution in [0.2, 0.25) is 0 Å². The molecule has 2 heterocycles. The fraction of sp³-hybridized carbons (Fsp3) is 0.727. The zero-order valence-electron chi connectivity index (χ0n) is 16.5. The fourth-order valence-corrected chi connectivity index (χ4v) is 4.65. The third-order valence-electron chi connectivity index (χ3n) is 6.37. The molecular formula is C22H33NO4. The maximum atomic E-state index is 6.53.